The molecule has 0 unspecified atom stereocenters. The molecule has 0 bridgehead atoms. The van der Waals surface area contributed by atoms with Crippen molar-refractivity contribution in [3.8, 4) is 0 Å². The maximum absolute atomic E-state index is 12.2. The molecule has 1 rings (SSSR count). The summed E-state index contributed by atoms with van der Waals surface area (Å²) >= 11 is 0. The van der Waals surface area contributed by atoms with E-state index in [0.29, 0.717) is 13.0 Å². The molecule has 0 amide bonds. The number of sulfone groups is 1. The van der Waals surface area contributed by atoms with Crippen LogP contribution < -0.4 is 10.6 Å². The number of ether oxygens (including phenoxy) is 1. The Morgan fingerprint density at radius 2 is 1.81 bits per heavy atom. The van der Waals surface area contributed by atoms with E-state index in [1.54, 1.807) is 0 Å². The lowest BCUT2D eigenvalue weighted by Gasteiger charge is -2.11. The van der Waals surface area contributed by atoms with Crippen LogP contribution in [0.25, 0.3) is 0 Å². The van der Waals surface area contributed by atoms with Crippen LogP contribution in [-0.2, 0) is 20.3 Å². The summed E-state index contributed by atoms with van der Waals surface area (Å²) in [7, 11) is -3.10. The predicted octanol–water partition coefficient (Wildman–Crippen LogP) is 2.98. The Morgan fingerprint density at radius 1 is 1.07 bits per heavy atom. The second-order valence-corrected chi connectivity index (χ2v) is 8.21. The number of aliphatic imine (C=N–C) groups is 1. The first-order chi connectivity index (χ1) is 12.6. The van der Waals surface area contributed by atoms with Gasteiger partial charge in [0, 0.05) is 32.8 Å². The molecule has 0 atom stereocenters. The summed E-state index contributed by atoms with van der Waals surface area (Å²) < 4.78 is 29.7. The first-order valence-corrected chi connectivity index (χ1v) is 11.2. The fraction of sp³-hybridized carbons (Fsp3) is 0.632. The molecule has 6 nitrogen and oxygen atoms in total. The third kappa shape index (κ3) is 13.9. The number of hydrogen-bond acceptors (Lipinski definition) is 4. The van der Waals surface area contributed by atoms with Crippen molar-refractivity contribution in [1.29, 1.82) is 0 Å². The van der Waals surface area contributed by atoms with E-state index >= 15 is 0 Å². The zero-order chi connectivity index (χ0) is 19.1. The molecule has 8 heteroatoms. The van der Waals surface area contributed by atoms with Gasteiger partial charge in [-0.2, -0.15) is 0 Å². The van der Waals surface area contributed by atoms with Crippen molar-refractivity contribution < 1.29 is 13.2 Å². The summed E-state index contributed by atoms with van der Waals surface area (Å²) in [5, 5.41) is 6.45. The SMILES string of the molecule is CCNC(=NCCCS(=O)(=O)Cc1ccccc1)NCCCCOCC.I. The van der Waals surface area contributed by atoms with E-state index in [2.05, 4.69) is 15.6 Å². The van der Waals surface area contributed by atoms with Gasteiger partial charge in [0.1, 0.15) is 0 Å². The molecule has 0 fully saturated rings. The van der Waals surface area contributed by atoms with Crippen LogP contribution in [0.2, 0.25) is 0 Å². The van der Waals surface area contributed by atoms with Crippen molar-refractivity contribution in [2.24, 2.45) is 4.99 Å². The van der Waals surface area contributed by atoms with E-state index < -0.39 is 9.84 Å². The topological polar surface area (TPSA) is 79.8 Å². The van der Waals surface area contributed by atoms with Crippen LogP contribution in [0.4, 0.5) is 0 Å². The maximum Gasteiger partial charge on any atom is 0.191 e. The van der Waals surface area contributed by atoms with Gasteiger partial charge in [0.2, 0.25) is 0 Å². The Morgan fingerprint density at radius 3 is 2.48 bits per heavy atom. The fourth-order valence-electron chi connectivity index (χ4n) is 2.40. The van der Waals surface area contributed by atoms with Gasteiger partial charge in [-0.25, -0.2) is 8.42 Å². The molecule has 1 aromatic rings. The average molecular weight is 511 g/mol. The molecular weight excluding hydrogens is 477 g/mol. The largest absolute Gasteiger partial charge is 0.382 e. The number of halogens is 1. The number of nitrogens with zero attached hydrogens (tertiary/aromatic N) is 1. The quantitative estimate of drug-likeness (QED) is 0.184. The highest BCUT2D eigenvalue weighted by Gasteiger charge is 2.11. The van der Waals surface area contributed by atoms with Gasteiger partial charge < -0.3 is 15.4 Å². The minimum Gasteiger partial charge on any atom is -0.382 e. The molecule has 0 radical (unpaired) electrons. The van der Waals surface area contributed by atoms with Gasteiger partial charge in [0.15, 0.2) is 15.8 Å². The van der Waals surface area contributed by atoms with E-state index in [9.17, 15) is 8.42 Å². The molecule has 2 N–H and O–H groups in total. The Kier molecular flexibility index (Phi) is 15.6. The van der Waals surface area contributed by atoms with E-state index in [-0.39, 0.29) is 35.5 Å². The Labute approximate surface area is 181 Å². The van der Waals surface area contributed by atoms with Crippen LogP contribution in [0.3, 0.4) is 0 Å². The summed E-state index contributed by atoms with van der Waals surface area (Å²) in [5.74, 6) is 0.985. The summed E-state index contributed by atoms with van der Waals surface area (Å²) in [6.45, 7) is 7.63. The molecule has 27 heavy (non-hydrogen) atoms. The van der Waals surface area contributed by atoms with Crippen molar-refractivity contribution in [2.45, 2.75) is 38.9 Å². The zero-order valence-corrected chi connectivity index (χ0v) is 19.6. The van der Waals surface area contributed by atoms with Crippen LogP contribution in [0.15, 0.2) is 35.3 Å². The Hall–Kier alpha value is -0.870. The molecule has 0 aliphatic rings. The predicted molar refractivity (Wildman–Crippen MR) is 124 cm³/mol. The van der Waals surface area contributed by atoms with Gasteiger partial charge >= 0.3 is 0 Å². The van der Waals surface area contributed by atoms with Crippen molar-refractivity contribution in [3.63, 3.8) is 0 Å². The average Bonchev–Trinajstić information content (AvgIpc) is 2.62. The standard InChI is InChI=1S/C19H33N3O3S.HI/c1-3-20-19(21-13-8-9-15-25-4-2)22-14-10-16-26(23,24)17-18-11-6-5-7-12-18;/h5-7,11-12H,3-4,8-10,13-17H2,1-2H3,(H2,20,21,22);1H. The number of hydrogen-bond donors (Lipinski definition) is 2. The molecule has 0 saturated heterocycles. The highest BCUT2D eigenvalue weighted by atomic mass is 127. The molecule has 0 saturated carbocycles. The Balaban J connectivity index is 0.00000676. The van der Waals surface area contributed by atoms with E-state index in [1.807, 2.05) is 44.2 Å². The van der Waals surface area contributed by atoms with E-state index in [0.717, 1.165) is 50.7 Å². The van der Waals surface area contributed by atoms with Crippen LogP contribution in [0.1, 0.15) is 38.7 Å². The third-order valence-corrected chi connectivity index (χ3v) is 5.35. The lowest BCUT2D eigenvalue weighted by Crippen LogP contribution is -2.38. The fourth-order valence-corrected chi connectivity index (χ4v) is 3.81. The zero-order valence-electron chi connectivity index (χ0n) is 16.4. The van der Waals surface area contributed by atoms with Crippen LogP contribution >= 0.6 is 24.0 Å². The second kappa shape index (κ2) is 16.1. The van der Waals surface area contributed by atoms with Gasteiger partial charge in [-0.1, -0.05) is 30.3 Å². The number of benzene rings is 1. The highest BCUT2D eigenvalue weighted by molar-refractivity contribution is 14.0. The first kappa shape index (κ1) is 26.1. The number of unbranched alkanes of at least 4 members (excludes halogenated alkanes) is 1. The molecule has 0 aliphatic heterocycles. The molecule has 0 aliphatic carbocycles. The van der Waals surface area contributed by atoms with Gasteiger partial charge in [-0.05, 0) is 38.7 Å². The van der Waals surface area contributed by atoms with Crippen LogP contribution in [0, 0.1) is 0 Å². The van der Waals surface area contributed by atoms with E-state index in [4.69, 9.17) is 4.74 Å². The minimum atomic E-state index is -3.10. The van der Waals surface area contributed by atoms with E-state index in [1.165, 1.54) is 0 Å². The minimum absolute atomic E-state index is 0. The van der Waals surface area contributed by atoms with Gasteiger partial charge in [-0.15, -0.1) is 24.0 Å². The van der Waals surface area contributed by atoms with Crippen molar-refractivity contribution in [2.75, 3.05) is 38.6 Å². The smallest absolute Gasteiger partial charge is 0.191 e. The monoisotopic (exact) mass is 511 g/mol. The maximum atomic E-state index is 12.2. The molecule has 0 heterocycles. The van der Waals surface area contributed by atoms with Crippen LogP contribution in [-0.4, -0.2) is 53.0 Å². The number of rotatable bonds is 13. The summed E-state index contributed by atoms with van der Waals surface area (Å²) in [6.07, 6.45) is 2.55. The van der Waals surface area contributed by atoms with Gasteiger partial charge in [-0.3, -0.25) is 4.99 Å². The molecular formula is C19H34IN3O3S. The van der Waals surface area contributed by atoms with Crippen LogP contribution in [0.5, 0.6) is 0 Å². The summed E-state index contributed by atoms with van der Waals surface area (Å²) in [4.78, 5) is 4.46. The highest BCUT2D eigenvalue weighted by Crippen LogP contribution is 2.07. The van der Waals surface area contributed by atoms with Crippen molar-refractivity contribution in [1.82, 2.24) is 10.6 Å². The number of guanidine groups is 1. The van der Waals surface area contributed by atoms with Gasteiger partial charge in [0.25, 0.3) is 0 Å². The lowest BCUT2D eigenvalue weighted by atomic mass is 10.2. The van der Waals surface area contributed by atoms with Crippen molar-refractivity contribution >= 4 is 39.8 Å². The second-order valence-electron chi connectivity index (χ2n) is 6.02. The summed E-state index contributed by atoms with van der Waals surface area (Å²) in [5.41, 5.74) is 0.832. The lowest BCUT2D eigenvalue weighted by molar-refractivity contribution is 0.143. The normalized spacial score (nSPS) is 11.7. The molecule has 0 aromatic heterocycles. The Bertz CT molecular complexity index is 610. The molecule has 0 spiro atoms. The number of nitrogens with one attached hydrogen (secondary N) is 2. The molecule has 1 aromatic carbocycles. The molecule has 156 valence electrons. The van der Waals surface area contributed by atoms with Crippen molar-refractivity contribution in [3.05, 3.63) is 35.9 Å². The first-order valence-electron chi connectivity index (χ1n) is 9.41. The third-order valence-electron chi connectivity index (χ3n) is 3.67. The summed E-state index contributed by atoms with van der Waals surface area (Å²) in [6, 6.07) is 9.29. The van der Waals surface area contributed by atoms with Gasteiger partial charge in [0.05, 0.1) is 11.5 Å².